The Balaban J connectivity index is 2.05. The van der Waals surface area contributed by atoms with Gasteiger partial charge in [0.1, 0.15) is 18.0 Å². The largest absolute Gasteiger partial charge is 0.374 e. The van der Waals surface area contributed by atoms with Gasteiger partial charge in [0, 0.05) is 6.61 Å². The fraction of sp³-hybridized carbons (Fsp3) is 0.800. The lowest BCUT2D eigenvalue weighted by atomic mass is 9.99. The van der Waals surface area contributed by atoms with Gasteiger partial charge in [0.25, 0.3) is 5.91 Å². The number of nitrogens with one attached hydrogen (secondary N) is 1. The van der Waals surface area contributed by atoms with Crippen LogP contribution < -0.4 is 5.32 Å². The van der Waals surface area contributed by atoms with E-state index in [4.69, 9.17) is 4.74 Å². The van der Waals surface area contributed by atoms with Crippen LogP contribution in [0.15, 0.2) is 4.99 Å². The first-order valence-corrected chi connectivity index (χ1v) is 5.25. The highest BCUT2D eigenvalue weighted by atomic mass is 16.5. The summed E-state index contributed by atoms with van der Waals surface area (Å²) in [5.41, 5.74) is -0.424. The van der Waals surface area contributed by atoms with E-state index in [1.807, 2.05) is 6.92 Å². The Morgan fingerprint density at radius 3 is 2.86 bits per heavy atom. The van der Waals surface area contributed by atoms with Crippen LogP contribution in [-0.2, 0) is 9.53 Å². The van der Waals surface area contributed by atoms with Crippen molar-refractivity contribution >= 4 is 11.7 Å². The molecule has 0 atom stereocenters. The zero-order chi connectivity index (χ0) is 10.0. The van der Waals surface area contributed by atoms with Crippen molar-refractivity contribution in [1.82, 2.24) is 5.32 Å². The quantitative estimate of drug-likeness (QED) is 0.728. The van der Waals surface area contributed by atoms with Gasteiger partial charge >= 0.3 is 0 Å². The molecule has 0 bridgehead atoms. The number of carbonyl (C=O) groups is 1. The van der Waals surface area contributed by atoms with Gasteiger partial charge in [-0.3, -0.25) is 9.79 Å². The monoisotopic (exact) mass is 196 g/mol. The highest BCUT2D eigenvalue weighted by Gasteiger charge is 2.45. The van der Waals surface area contributed by atoms with Gasteiger partial charge in [-0.15, -0.1) is 0 Å². The number of nitrogens with zero attached hydrogens (tertiary/aromatic N) is 1. The van der Waals surface area contributed by atoms with Crippen molar-refractivity contribution in [1.29, 1.82) is 0 Å². The summed E-state index contributed by atoms with van der Waals surface area (Å²) in [6.07, 6.45) is 4.01. The zero-order valence-electron chi connectivity index (χ0n) is 8.51. The van der Waals surface area contributed by atoms with Gasteiger partial charge in [-0.2, -0.15) is 0 Å². The predicted octanol–water partition coefficient (Wildman–Crippen LogP) is 0.864. The molecule has 1 amide bonds. The number of ether oxygens (including phenoxy) is 1. The summed E-state index contributed by atoms with van der Waals surface area (Å²) in [5, 5.41) is 2.81. The Morgan fingerprint density at radius 1 is 1.50 bits per heavy atom. The summed E-state index contributed by atoms with van der Waals surface area (Å²) in [4.78, 5) is 16.2. The lowest BCUT2D eigenvalue weighted by molar-refractivity contribution is -0.123. The maximum absolute atomic E-state index is 11.7. The Morgan fingerprint density at radius 2 is 2.21 bits per heavy atom. The summed E-state index contributed by atoms with van der Waals surface area (Å²) in [7, 11) is 0. The Labute approximate surface area is 83.7 Å². The third-order valence-corrected chi connectivity index (χ3v) is 2.90. The van der Waals surface area contributed by atoms with E-state index >= 15 is 0 Å². The molecule has 1 saturated carbocycles. The predicted molar refractivity (Wildman–Crippen MR) is 53.3 cm³/mol. The molecule has 14 heavy (non-hydrogen) atoms. The first-order valence-electron chi connectivity index (χ1n) is 5.25. The van der Waals surface area contributed by atoms with Crippen LogP contribution in [0, 0.1) is 0 Å². The van der Waals surface area contributed by atoms with E-state index in [2.05, 4.69) is 10.3 Å². The number of rotatable bonds is 3. The van der Waals surface area contributed by atoms with Gasteiger partial charge in [-0.1, -0.05) is 12.8 Å². The molecule has 2 aliphatic rings. The van der Waals surface area contributed by atoms with Crippen molar-refractivity contribution in [3.8, 4) is 0 Å². The van der Waals surface area contributed by atoms with E-state index in [0.29, 0.717) is 19.0 Å². The van der Waals surface area contributed by atoms with Crippen molar-refractivity contribution < 1.29 is 9.53 Å². The van der Waals surface area contributed by atoms with Crippen LogP contribution in [0.25, 0.3) is 0 Å². The van der Waals surface area contributed by atoms with E-state index in [9.17, 15) is 4.79 Å². The smallest absolute Gasteiger partial charge is 0.253 e. The second-order valence-electron chi connectivity index (χ2n) is 3.89. The van der Waals surface area contributed by atoms with Crippen molar-refractivity contribution in [2.75, 3.05) is 13.2 Å². The maximum Gasteiger partial charge on any atom is 0.253 e. The van der Waals surface area contributed by atoms with Crippen LogP contribution in [-0.4, -0.2) is 30.5 Å². The Bertz CT molecular complexity index is 267. The van der Waals surface area contributed by atoms with Crippen molar-refractivity contribution in [3.63, 3.8) is 0 Å². The number of aliphatic imine (C=N–C) groups is 1. The molecular formula is C10H16N2O2. The molecule has 1 N–H and O–H groups in total. The molecule has 0 aromatic rings. The minimum atomic E-state index is -0.424. The highest BCUT2D eigenvalue weighted by Crippen LogP contribution is 2.35. The van der Waals surface area contributed by atoms with E-state index < -0.39 is 5.54 Å². The second kappa shape index (κ2) is 3.69. The number of hydrogen-bond donors (Lipinski definition) is 1. The normalized spacial score (nSPS) is 24.1. The molecule has 1 heterocycles. The molecule has 2 rings (SSSR count). The highest BCUT2D eigenvalue weighted by molar-refractivity contribution is 6.08. The van der Waals surface area contributed by atoms with Crippen molar-refractivity contribution in [2.45, 2.75) is 38.1 Å². The molecular weight excluding hydrogens is 180 g/mol. The topological polar surface area (TPSA) is 50.7 Å². The minimum Gasteiger partial charge on any atom is -0.374 e. The zero-order valence-corrected chi connectivity index (χ0v) is 8.51. The second-order valence-corrected chi connectivity index (χ2v) is 3.89. The minimum absolute atomic E-state index is 0.0738. The molecule has 78 valence electrons. The van der Waals surface area contributed by atoms with Gasteiger partial charge in [0.05, 0.1) is 0 Å². The van der Waals surface area contributed by atoms with Crippen LogP contribution in [0.3, 0.4) is 0 Å². The van der Waals surface area contributed by atoms with Gasteiger partial charge in [-0.25, -0.2) is 0 Å². The van der Waals surface area contributed by atoms with Crippen LogP contribution >= 0.6 is 0 Å². The third-order valence-electron chi connectivity index (χ3n) is 2.90. The van der Waals surface area contributed by atoms with E-state index in [1.54, 1.807) is 0 Å². The van der Waals surface area contributed by atoms with Crippen LogP contribution in [0.5, 0.6) is 0 Å². The van der Waals surface area contributed by atoms with Gasteiger partial charge in [0.15, 0.2) is 0 Å². The molecule has 1 aliphatic carbocycles. The van der Waals surface area contributed by atoms with Crippen LogP contribution in [0.1, 0.15) is 32.6 Å². The summed E-state index contributed by atoms with van der Waals surface area (Å²) < 4.78 is 5.22. The summed E-state index contributed by atoms with van der Waals surface area (Å²) in [6, 6.07) is 0. The molecule has 0 aromatic heterocycles. The molecule has 0 aromatic carbocycles. The van der Waals surface area contributed by atoms with E-state index in [-0.39, 0.29) is 5.91 Å². The number of amides is 1. The fourth-order valence-electron chi connectivity index (χ4n) is 2.15. The molecule has 1 spiro atoms. The molecule has 1 aliphatic heterocycles. The first kappa shape index (κ1) is 9.65. The number of hydrogen-bond acceptors (Lipinski definition) is 3. The lowest BCUT2D eigenvalue weighted by Crippen LogP contribution is -2.37. The molecule has 0 unspecified atom stereocenters. The van der Waals surface area contributed by atoms with Gasteiger partial charge < -0.3 is 10.1 Å². The fourth-order valence-corrected chi connectivity index (χ4v) is 2.15. The third kappa shape index (κ3) is 1.54. The van der Waals surface area contributed by atoms with E-state index in [0.717, 1.165) is 25.7 Å². The number of amidine groups is 1. The standard InChI is InChI=1S/C10H16N2O2/c1-2-14-7-8-11-9(13)10(12-8)5-3-4-6-10/h2-7H2,1H3,(H,11,12,13). The average molecular weight is 196 g/mol. The molecule has 0 radical (unpaired) electrons. The lowest BCUT2D eigenvalue weighted by Gasteiger charge is -2.14. The molecule has 4 heteroatoms. The van der Waals surface area contributed by atoms with Crippen LogP contribution in [0.4, 0.5) is 0 Å². The summed E-state index contributed by atoms with van der Waals surface area (Å²) in [6.45, 7) is 3.02. The summed E-state index contributed by atoms with van der Waals surface area (Å²) >= 11 is 0. The summed E-state index contributed by atoms with van der Waals surface area (Å²) in [5.74, 6) is 0.781. The van der Waals surface area contributed by atoms with E-state index in [1.165, 1.54) is 0 Å². The maximum atomic E-state index is 11.7. The van der Waals surface area contributed by atoms with Crippen molar-refractivity contribution in [2.24, 2.45) is 4.99 Å². The first-order chi connectivity index (χ1) is 6.77. The van der Waals surface area contributed by atoms with Gasteiger partial charge in [0.2, 0.25) is 0 Å². The van der Waals surface area contributed by atoms with Gasteiger partial charge in [-0.05, 0) is 19.8 Å². The Hall–Kier alpha value is -0.900. The molecule has 1 fully saturated rings. The Kier molecular flexibility index (Phi) is 2.54. The van der Waals surface area contributed by atoms with Crippen molar-refractivity contribution in [3.05, 3.63) is 0 Å². The average Bonchev–Trinajstić information content (AvgIpc) is 2.74. The number of carbonyl (C=O) groups excluding carboxylic acids is 1. The molecule has 0 saturated heterocycles. The SMILES string of the molecule is CCOCC1=NC2(CCCC2)C(=O)N1. The molecule has 4 nitrogen and oxygen atoms in total. The van der Waals surface area contributed by atoms with Crippen LogP contribution in [0.2, 0.25) is 0 Å².